The molecule has 0 saturated carbocycles. The summed E-state index contributed by atoms with van der Waals surface area (Å²) < 4.78 is 58.7. The van der Waals surface area contributed by atoms with Crippen LogP contribution in [0.5, 0.6) is 0 Å². The molecule has 1 aromatic heterocycles. The maximum absolute atomic E-state index is 14.5. The predicted molar refractivity (Wildman–Crippen MR) is 133 cm³/mol. The van der Waals surface area contributed by atoms with Crippen LogP contribution >= 0.6 is 0 Å². The molecule has 0 amide bonds. The summed E-state index contributed by atoms with van der Waals surface area (Å²) in [4.78, 5) is 15.7. The number of hydrogen-bond donors (Lipinski definition) is 0. The standard InChI is InChI=1S/C28H27F4N3O/c1-18-7-5-11-23(29)25(18)33-15-13-21(14-16-33)35-24-12-6-8-19(2)26(24)34(27(35)36)17-20-9-3-4-10-22(20)28(30,31)32/h3-12,21H,13-17H2,1-2H3. The van der Waals surface area contributed by atoms with E-state index < -0.39 is 11.7 Å². The lowest BCUT2D eigenvalue weighted by atomic mass is 10.0. The highest BCUT2D eigenvalue weighted by atomic mass is 19.4. The van der Waals surface area contributed by atoms with Gasteiger partial charge in [0.05, 0.1) is 28.8 Å². The van der Waals surface area contributed by atoms with Crippen LogP contribution in [0.3, 0.4) is 0 Å². The molecular weight excluding hydrogens is 470 g/mol. The molecule has 1 aliphatic rings. The van der Waals surface area contributed by atoms with Crippen LogP contribution in [0.2, 0.25) is 0 Å². The lowest BCUT2D eigenvalue weighted by Gasteiger charge is -2.35. The third-order valence-corrected chi connectivity index (χ3v) is 7.17. The van der Waals surface area contributed by atoms with E-state index in [9.17, 15) is 22.4 Å². The normalized spacial score (nSPS) is 15.1. The molecule has 0 N–H and O–H groups in total. The van der Waals surface area contributed by atoms with E-state index in [1.807, 2.05) is 43.0 Å². The lowest BCUT2D eigenvalue weighted by Crippen LogP contribution is -2.38. The summed E-state index contributed by atoms with van der Waals surface area (Å²) in [5.74, 6) is -0.263. The van der Waals surface area contributed by atoms with Gasteiger partial charge in [-0.3, -0.25) is 9.13 Å². The Labute approximate surface area is 206 Å². The van der Waals surface area contributed by atoms with Crippen LogP contribution in [-0.4, -0.2) is 22.2 Å². The monoisotopic (exact) mass is 497 g/mol. The second-order valence-corrected chi connectivity index (χ2v) is 9.46. The van der Waals surface area contributed by atoms with Crippen LogP contribution in [0.15, 0.2) is 65.5 Å². The smallest absolute Gasteiger partial charge is 0.369 e. The number of halogens is 4. The molecule has 1 fully saturated rings. The van der Waals surface area contributed by atoms with E-state index in [1.54, 1.807) is 16.7 Å². The van der Waals surface area contributed by atoms with Crippen LogP contribution in [0.1, 0.15) is 41.1 Å². The molecule has 0 spiro atoms. The van der Waals surface area contributed by atoms with E-state index in [0.717, 1.165) is 17.2 Å². The fourth-order valence-electron chi connectivity index (χ4n) is 5.49. The van der Waals surface area contributed by atoms with Crippen molar-refractivity contribution < 1.29 is 17.6 Å². The SMILES string of the molecule is Cc1cccc(F)c1N1CCC(n2c(=O)n(Cc3ccccc3C(F)(F)F)c3c(C)cccc32)CC1. The van der Waals surface area contributed by atoms with Crippen molar-refractivity contribution in [3.8, 4) is 0 Å². The molecule has 0 atom stereocenters. The van der Waals surface area contributed by atoms with Gasteiger partial charge in [0, 0.05) is 19.1 Å². The van der Waals surface area contributed by atoms with E-state index >= 15 is 0 Å². The van der Waals surface area contributed by atoms with Crippen molar-refractivity contribution >= 4 is 16.7 Å². The molecular formula is C28H27F4N3O. The van der Waals surface area contributed by atoms with Gasteiger partial charge in [0.15, 0.2) is 0 Å². The Kier molecular flexibility index (Phi) is 6.14. The summed E-state index contributed by atoms with van der Waals surface area (Å²) in [6, 6.07) is 15.8. The first-order chi connectivity index (χ1) is 17.2. The zero-order valence-corrected chi connectivity index (χ0v) is 20.1. The number of hydrogen-bond acceptors (Lipinski definition) is 2. The number of aryl methyl sites for hydroxylation is 2. The van der Waals surface area contributed by atoms with Gasteiger partial charge in [0.2, 0.25) is 0 Å². The minimum absolute atomic E-state index is 0.0549. The van der Waals surface area contributed by atoms with Gasteiger partial charge in [-0.25, -0.2) is 9.18 Å². The van der Waals surface area contributed by atoms with Gasteiger partial charge in [-0.05, 0) is 61.6 Å². The zero-order chi connectivity index (χ0) is 25.6. The number of para-hydroxylation sites is 2. The van der Waals surface area contributed by atoms with Gasteiger partial charge in [-0.1, -0.05) is 42.5 Å². The van der Waals surface area contributed by atoms with Crippen molar-refractivity contribution in [1.82, 2.24) is 9.13 Å². The Hall–Kier alpha value is -3.55. The number of aromatic nitrogens is 2. The minimum Gasteiger partial charge on any atom is -0.369 e. The minimum atomic E-state index is -4.51. The summed E-state index contributed by atoms with van der Waals surface area (Å²) in [6.07, 6.45) is -3.26. The van der Waals surface area contributed by atoms with Crippen molar-refractivity contribution in [2.24, 2.45) is 0 Å². The molecule has 0 unspecified atom stereocenters. The highest BCUT2D eigenvalue weighted by Gasteiger charge is 2.34. The quantitative estimate of drug-likeness (QED) is 0.303. The molecule has 3 aromatic carbocycles. The molecule has 0 radical (unpaired) electrons. The van der Waals surface area contributed by atoms with Crippen LogP contribution in [0.4, 0.5) is 23.2 Å². The number of anilines is 1. The van der Waals surface area contributed by atoms with Crippen LogP contribution in [0.25, 0.3) is 11.0 Å². The Balaban J connectivity index is 1.52. The Morgan fingerprint density at radius 2 is 1.56 bits per heavy atom. The number of fused-ring (bicyclic) bond motifs is 1. The predicted octanol–water partition coefficient (Wildman–Crippen LogP) is 6.47. The highest BCUT2D eigenvalue weighted by Crippen LogP contribution is 2.34. The van der Waals surface area contributed by atoms with Crippen LogP contribution < -0.4 is 10.6 Å². The van der Waals surface area contributed by atoms with Gasteiger partial charge in [0.25, 0.3) is 0 Å². The first-order valence-electron chi connectivity index (χ1n) is 12.0. The summed E-state index contributed by atoms with van der Waals surface area (Å²) in [6.45, 7) is 4.73. The van der Waals surface area contributed by atoms with Crippen LogP contribution in [-0.2, 0) is 12.7 Å². The molecule has 8 heteroatoms. The second kappa shape index (κ2) is 9.15. The van der Waals surface area contributed by atoms with Crippen LogP contribution in [0, 0.1) is 19.7 Å². The molecule has 0 bridgehead atoms. The largest absolute Gasteiger partial charge is 0.416 e. The third kappa shape index (κ3) is 4.18. The molecule has 36 heavy (non-hydrogen) atoms. The number of nitrogens with zero attached hydrogens (tertiary/aromatic N) is 3. The molecule has 1 saturated heterocycles. The third-order valence-electron chi connectivity index (χ3n) is 7.17. The Bertz CT molecular complexity index is 1460. The first kappa shape index (κ1) is 24.2. The van der Waals surface area contributed by atoms with E-state index in [-0.39, 0.29) is 29.7 Å². The fourth-order valence-corrected chi connectivity index (χ4v) is 5.49. The summed E-state index contributed by atoms with van der Waals surface area (Å²) in [7, 11) is 0. The topological polar surface area (TPSA) is 30.2 Å². The Morgan fingerprint density at radius 3 is 2.25 bits per heavy atom. The van der Waals surface area contributed by atoms with Gasteiger partial charge in [0.1, 0.15) is 5.82 Å². The average molecular weight is 498 g/mol. The highest BCUT2D eigenvalue weighted by molar-refractivity contribution is 5.80. The molecule has 0 aliphatic carbocycles. The number of rotatable bonds is 4. The maximum Gasteiger partial charge on any atom is 0.416 e. The summed E-state index contributed by atoms with van der Waals surface area (Å²) in [5, 5.41) is 0. The first-order valence-corrected chi connectivity index (χ1v) is 12.0. The van der Waals surface area contributed by atoms with Crippen molar-refractivity contribution in [1.29, 1.82) is 0 Å². The molecule has 4 aromatic rings. The second-order valence-electron chi connectivity index (χ2n) is 9.46. The summed E-state index contributed by atoms with van der Waals surface area (Å²) in [5.41, 5.74) is 2.63. The van der Waals surface area contributed by atoms with Gasteiger partial charge < -0.3 is 4.90 Å². The van der Waals surface area contributed by atoms with Gasteiger partial charge >= 0.3 is 11.9 Å². The average Bonchev–Trinajstić information content (AvgIpc) is 3.11. The molecule has 2 heterocycles. The maximum atomic E-state index is 14.5. The lowest BCUT2D eigenvalue weighted by molar-refractivity contribution is -0.138. The van der Waals surface area contributed by atoms with E-state index in [1.165, 1.54) is 22.8 Å². The molecule has 4 nitrogen and oxygen atoms in total. The number of alkyl halides is 3. The molecule has 1 aliphatic heterocycles. The van der Waals surface area contributed by atoms with E-state index in [4.69, 9.17) is 0 Å². The summed E-state index contributed by atoms with van der Waals surface area (Å²) >= 11 is 0. The number of piperidine rings is 1. The number of benzene rings is 3. The van der Waals surface area contributed by atoms with Gasteiger partial charge in [-0.15, -0.1) is 0 Å². The Morgan fingerprint density at radius 1 is 0.889 bits per heavy atom. The molecule has 5 rings (SSSR count). The van der Waals surface area contributed by atoms with E-state index in [2.05, 4.69) is 0 Å². The fraction of sp³-hybridized carbons (Fsp3) is 0.321. The van der Waals surface area contributed by atoms with Gasteiger partial charge in [-0.2, -0.15) is 13.2 Å². The van der Waals surface area contributed by atoms with E-state index in [0.29, 0.717) is 42.7 Å². The van der Waals surface area contributed by atoms with Crippen molar-refractivity contribution in [3.63, 3.8) is 0 Å². The molecule has 188 valence electrons. The zero-order valence-electron chi connectivity index (χ0n) is 20.1. The number of imidazole rings is 1. The van der Waals surface area contributed by atoms with Crippen molar-refractivity contribution in [2.45, 2.75) is 45.5 Å². The van der Waals surface area contributed by atoms with Crippen molar-refractivity contribution in [3.05, 3.63) is 99.2 Å². The van der Waals surface area contributed by atoms with Crippen molar-refractivity contribution in [2.75, 3.05) is 18.0 Å².